The Bertz CT molecular complexity index is 978. The molecule has 27 heavy (non-hydrogen) atoms. The summed E-state index contributed by atoms with van der Waals surface area (Å²) in [5, 5.41) is 3.45. The number of nitrogen functional groups attached to an aromatic ring is 1. The average molecular weight is 387 g/mol. The maximum Gasteiger partial charge on any atom is 0.251 e. The van der Waals surface area contributed by atoms with E-state index in [4.69, 9.17) is 5.73 Å². The number of hydrogen-bond acceptors (Lipinski definition) is 8. The lowest BCUT2D eigenvalue weighted by molar-refractivity contribution is 0.628. The molecule has 4 N–H and O–H groups in total. The van der Waals surface area contributed by atoms with E-state index in [1.807, 2.05) is 6.92 Å². The Morgan fingerprint density at radius 1 is 1.19 bits per heavy atom. The first-order valence-corrected chi connectivity index (χ1v) is 9.26. The van der Waals surface area contributed by atoms with Gasteiger partial charge in [0, 0.05) is 17.4 Å². The topological polar surface area (TPSA) is 122 Å². The molecule has 0 spiro atoms. The molecule has 0 unspecified atom stereocenters. The van der Waals surface area contributed by atoms with Gasteiger partial charge in [0.1, 0.15) is 11.6 Å². The molecule has 1 aromatic carbocycles. The fourth-order valence-electron chi connectivity index (χ4n) is 2.29. The lowest BCUT2D eigenvalue weighted by Gasteiger charge is -2.07. The van der Waals surface area contributed by atoms with E-state index in [0.717, 1.165) is 18.5 Å². The van der Waals surface area contributed by atoms with Gasteiger partial charge in [-0.05, 0) is 30.7 Å². The molecule has 3 rings (SSSR count). The van der Waals surface area contributed by atoms with E-state index in [2.05, 4.69) is 30.2 Å². The Morgan fingerprint density at radius 2 is 1.96 bits per heavy atom. The third kappa shape index (κ3) is 5.48. The fourth-order valence-corrected chi connectivity index (χ4v) is 3.04. The second kappa shape index (κ2) is 8.58. The molecule has 140 valence electrons. The molecule has 0 aliphatic heterocycles. The van der Waals surface area contributed by atoms with Gasteiger partial charge in [-0.15, -0.1) is 0 Å². The van der Waals surface area contributed by atoms with E-state index in [1.54, 1.807) is 12.1 Å². The molecule has 3 aromatic rings. The molecule has 0 radical (unpaired) electrons. The highest BCUT2D eigenvalue weighted by Gasteiger charge is 2.08. The van der Waals surface area contributed by atoms with Crippen LogP contribution < -0.4 is 16.6 Å². The molecule has 2 aromatic heterocycles. The van der Waals surface area contributed by atoms with Crippen LogP contribution in [0.15, 0.2) is 40.3 Å². The summed E-state index contributed by atoms with van der Waals surface area (Å²) in [4.78, 5) is 31.3. The maximum atomic E-state index is 13.0. The molecule has 0 atom stereocenters. The van der Waals surface area contributed by atoms with Crippen LogP contribution in [0, 0.1) is 5.82 Å². The molecular formula is C17H18FN7OS. The molecule has 0 aliphatic rings. The fraction of sp³-hybridized carbons (Fsp3) is 0.235. The van der Waals surface area contributed by atoms with Crippen molar-refractivity contribution in [2.24, 2.45) is 0 Å². The number of rotatable bonds is 7. The molecule has 2 heterocycles. The van der Waals surface area contributed by atoms with Crippen molar-refractivity contribution in [3.05, 3.63) is 58.0 Å². The first kappa shape index (κ1) is 18.8. The van der Waals surface area contributed by atoms with Gasteiger partial charge in [-0.3, -0.25) is 4.79 Å². The van der Waals surface area contributed by atoms with Crippen LogP contribution >= 0.6 is 11.8 Å². The SMILES string of the molecule is CCCc1cc(=O)[nH]c(SCc2nc(N)nc(Nc3ccc(F)cc3)n2)n1. The van der Waals surface area contributed by atoms with Crippen molar-refractivity contribution in [2.75, 3.05) is 11.1 Å². The van der Waals surface area contributed by atoms with E-state index >= 15 is 0 Å². The van der Waals surface area contributed by atoms with Crippen molar-refractivity contribution in [3.8, 4) is 0 Å². The maximum absolute atomic E-state index is 13.0. The Labute approximate surface area is 158 Å². The van der Waals surface area contributed by atoms with E-state index in [-0.39, 0.29) is 23.3 Å². The molecular weight excluding hydrogens is 369 g/mol. The van der Waals surface area contributed by atoms with Crippen molar-refractivity contribution in [1.82, 2.24) is 24.9 Å². The van der Waals surface area contributed by atoms with E-state index in [0.29, 0.717) is 22.4 Å². The van der Waals surface area contributed by atoms with Gasteiger partial charge in [0.05, 0.1) is 5.75 Å². The quantitative estimate of drug-likeness (QED) is 0.418. The van der Waals surface area contributed by atoms with Gasteiger partial charge >= 0.3 is 0 Å². The number of halogens is 1. The normalized spacial score (nSPS) is 10.7. The van der Waals surface area contributed by atoms with Gasteiger partial charge in [0.15, 0.2) is 5.16 Å². The summed E-state index contributed by atoms with van der Waals surface area (Å²) in [6.45, 7) is 2.03. The zero-order valence-electron chi connectivity index (χ0n) is 14.6. The molecule has 0 bridgehead atoms. The number of nitrogens with two attached hydrogens (primary N) is 1. The molecule has 0 saturated carbocycles. The lowest BCUT2D eigenvalue weighted by atomic mass is 10.2. The van der Waals surface area contributed by atoms with Gasteiger partial charge in [-0.2, -0.15) is 15.0 Å². The number of benzene rings is 1. The van der Waals surface area contributed by atoms with Crippen molar-refractivity contribution >= 4 is 29.3 Å². The summed E-state index contributed by atoms with van der Waals surface area (Å²) in [6.07, 6.45) is 1.64. The highest BCUT2D eigenvalue weighted by molar-refractivity contribution is 7.98. The van der Waals surface area contributed by atoms with Crippen LogP contribution in [-0.4, -0.2) is 24.9 Å². The first-order chi connectivity index (χ1) is 13.0. The van der Waals surface area contributed by atoms with Crippen LogP contribution in [0.5, 0.6) is 0 Å². The monoisotopic (exact) mass is 387 g/mol. The van der Waals surface area contributed by atoms with Gasteiger partial charge in [-0.25, -0.2) is 9.37 Å². The zero-order chi connectivity index (χ0) is 19.2. The van der Waals surface area contributed by atoms with Crippen LogP contribution in [-0.2, 0) is 12.2 Å². The van der Waals surface area contributed by atoms with Gasteiger partial charge < -0.3 is 16.0 Å². The number of aromatic amines is 1. The second-order valence-electron chi connectivity index (χ2n) is 5.65. The summed E-state index contributed by atoms with van der Waals surface area (Å²) in [5.41, 5.74) is 6.93. The Hall–Kier alpha value is -3.01. The number of H-pyrrole nitrogens is 1. The summed E-state index contributed by atoms with van der Waals surface area (Å²) in [5.74, 6) is 0.765. The Morgan fingerprint density at radius 3 is 2.70 bits per heavy atom. The predicted octanol–water partition coefficient (Wildman–Crippen LogP) is 2.66. The first-order valence-electron chi connectivity index (χ1n) is 8.28. The predicted molar refractivity (Wildman–Crippen MR) is 102 cm³/mol. The Balaban J connectivity index is 1.73. The minimum atomic E-state index is -0.334. The number of nitrogens with zero attached hydrogens (tertiary/aromatic N) is 4. The van der Waals surface area contributed by atoms with Crippen molar-refractivity contribution in [3.63, 3.8) is 0 Å². The van der Waals surface area contributed by atoms with Crippen LogP contribution in [0.3, 0.4) is 0 Å². The van der Waals surface area contributed by atoms with Crippen LogP contribution in [0.1, 0.15) is 24.9 Å². The van der Waals surface area contributed by atoms with Gasteiger partial charge in [-0.1, -0.05) is 25.1 Å². The van der Waals surface area contributed by atoms with Crippen LogP contribution in [0.25, 0.3) is 0 Å². The summed E-state index contributed by atoms with van der Waals surface area (Å²) in [7, 11) is 0. The van der Waals surface area contributed by atoms with Gasteiger partial charge in [0.2, 0.25) is 11.9 Å². The second-order valence-corrected chi connectivity index (χ2v) is 6.61. The minimum Gasteiger partial charge on any atom is -0.368 e. The highest BCUT2D eigenvalue weighted by Crippen LogP contribution is 2.19. The molecule has 8 nitrogen and oxygen atoms in total. The highest BCUT2D eigenvalue weighted by atomic mass is 32.2. The largest absolute Gasteiger partial charge is 0.368 e. The van der Waals surface area contributed by atoms with Crippen molar-refractivity contribution in [2.45, 2.75) is 30.7 Å². The number of nitrogens with one attached hydrogen (secondary N) is 2. The number of thioether (sulfide) groups is 1. The zero-order valence-corrected chi connectivity index (χ0v) is 15.4. The molecule has 0 amide bonds. The van der Waals surface area contributed by atoms with E-state index in [1.165, 1.54) is 30.0 Å². The third-order valence-corrected chi connectivity index (χ3v) is 4.29. The van der Waals surface area contributed by atoms with E-state index in [9.17, 15) is 9.18 Å². The summed E-state index contributed by atoms with van der Waals surface area (Å²) >= 11 is 1.30. The van der Waals surface area contributed by atoms with E-state index < -0.39 is 0 Å². The summed E-state index contributed by atoms with van der Waals surface area (Å²) in [6, 6.07) is 7.29. The Kier molecular flexibility index (Phi) is 5.97. The average Bonchev–Trinajstić information content (AvgIpc) is 2.61. The van der Waals surface area contributed by atoms with Crippen LogP contribution in [0.2, 0.25) is 0 Å². The smallest absolute Gasteiger partial charge is 0.251 e. The minimum absolute atomic E-state index is 0.0615. The third-order valence-electron chi connectivity index (χ3n) is 3.42. The van der Waals surface area contributed by atoms with Crippen LogP contribution in [0.4, 0.5) is 22.0 Å². The number of anilines is 3. The van der Waals surface area contributed by atoms with Crippen molar-refractivity contribution in [1.29, 1.82) is 0 Å². The molecule has 0 saturated heterocycles. The van der Waals surface area contributed by atoms with Crippen molar-refractivity contribution < 1.29 is 4.39 Å². The summed E-state index contributed by atoms with van der Waals surface area (Å²) < 4.78 is 13.0. The standard InChI is InChI=1S/C17H18FN7OS/c1-2-3-12-8-14(26)24-17(21-12)27-9-13-22-15(19)25-16(23-13)20-11-6-4-10(18)5-7-11/h4-8H,2-3,9H2,1H3,(H,21,24,26)(H3,19,20,22,23,25). The van der Waals surface area contributed by atoms with Gasteiger partial charge in [0.25, 0.3) is 5.56 Å². The lowest BCUT2D eigenvalue weighted by Crippen LogP contribution is -2.10. The molecule has 10 heteroatoms. The molecule has 0 fully saturated rings. The number of hydrogen-bond donors (Lipinski definition) is 3. The molecule has 0 aliphatic carbocycles. The number of aryl methyl sites for hydroxylation is 1. The number of aromatic nitrogens is 5.